The number of aromatic nitrogens is 1. The van der Waals surface area contributed by atoms with E-state index in [9.17, 15) is 9.90 Å². The number of hydrogen-bond acceptors (Lipinski definition) is 3. The van der Waals surface area contributed by atoms with Crippen LogP contribution in [0.25, 0.3) is 10.8 Å². The molecule has 0 radical (unpaired) electrons. The Morgan fingerprint density at radius 1 is 1.42 bits per heavy atom. The van der Waals surface area contributed by atoms with Crippen molar-refractivity contribution in [2.45, 2.75) is 19.8 Å². The molecule has 2 rings (SSSR count). The Balaban J connectivity index is 2.95. The third-order valence-corrected chi connectivity index (χ3v) is 3.81. The fourth-order valence-electron chi connectivity index (χ4n) is 2.27. The highest BCUT2D eigenvalue weighted by Crippen LogP contribution is 2.37. The van der Waals surface area contributed by atoms with Gasteiger partial charge in [0.2, 0.25) is 0 Å². The highest BCUT2D eigenvalue weighted by Gasteiger charge is 2.16. The van der Waals surface area contributed by atoms with Crippen LogP contribution in [-0.4, -0.2) is 16.8 Å². The van der Waals surface area contributed by atoms with Crippen LogP contribution in [0.3, 0.4) is 0 Å². The van der Waals surface area contributed by atoms with Crippen molar-refractivity contribution in [2.24, 2.45) is 7.05 Å². The highest BCUT2D eigenvalue weighted by atomic mass is 79.9. The van der Waals surface area contributed by atoms with E-state index in [-0.39, 0.29) is 11.3 Å². The van der Waals surface area contributed by atoms with Crippen molar-refractivity contribution in [3.63, 3.8) is 0 Å². The lowest BCUT2D eigenvalue weighted by molar-refractivity contribution is 0.415. The van der Waals surface area contributed by atoms with Gasteiger partial charge in [0.05, 0.1) is 17.0 Å². The van der Waals surface area contributed by atoms with Gasteiger partial charge in [0.25, 0.3) is 5.56 Å². The smallest absolute Gasteiger partial charge is 0.262 e. The van der Waals surface area contributed by atoms with E-state index in [0.717, 1.165) is 18.5 Å². The Morgan fingerprint density at radius 2 is 2.11 bits per heavy atom. The predicted octanol–water partition coefficient (Wildman–Crippen LogP) is 2.97. The molecule has 0 saturated heterocycles. The van der Waals surface area contributed by atoms with E-state index in [1.165, 1.54) is 6.07 Å². The SMILES string of the molecule is CCCc1cc2c(OC)c(Br)cc(O)c2c(=O)n1C. The summed E-state index contributed by atoms with van der Waals surface area (Å²) in [6.45, 7) is 2.06. The van der Waals surface area contributed by atoms with E-state index in [1.807, 2.05) is 6.07 Å². The first-order valence-electron chi connectivity index (χ1n) is 6.09. The van der Waals surface area contributed by atoms with Crippen LogP contribution >= 0.6 is 15.9 Å². The summed E-state index contributed by atoms with van der Waals surface area (Å²) in [6, 6.07) is 3.39. The van der Waals surface area contributed by atoms with Gasteiger partial charge in [-0.15, -0.1) is 0 Å². The summed E-state index contributed by atoms with van der Waals surface area (Å²) >= 11 is 3.34. The minimum Gasteiger partial charge on any atom is -0.507 e. The van der Waals surface area contributed by atoms with Crippen LogP contribution in [0.1, 0.15) is 19.0 Å². The molecule has 0 fully saturated rings. The first kappa shape index (κ1) is 13.9. The van der Waals surface area contributed by atoms with Crippen LogP contribution < -0.4 is 10.3 Å². The first-order chi connectivity index (χ1) is 9.01. The minimum atomic E-state index is -0.204. The second-order valence-corrected chi connectivity index (χ2v) is 5.30. The summed E-state index contributed by atoms with van der Waals surface area (Å²) in [5.41, 5.74) is 0.722. The maximum atomic E-state index is 12.4. The van der Waals surface area contributed by atoms with E-state index in [0.29, 0.717) is 21.0 Å². The zero-order valence-corrected chi connectivity index (χ0v) is 12.7. The topological polar surface area (TPSA) is 51.5 Å². The van der Waals surface area contributed by atoms with Gasteiger partial charge in [-0.25, -0.2) is 0 Å². The number of ether oxygens (including phenoxy) is 1. The number of fused-ring (bicyclic) bond motifs is 1. The Bertz CT molecular complexity index is 691. The molecule has 0 aliphatic carbocycles. The molecule has 2 aromatic rings. The van der Waals surface area contributed by atoms with Gasteiger partial charge in [0.15, 0.2) is 0 Å². The van der Waals surface area contributed by atoms with Crippen molar-refractivity contribution in [2.75, 3.05) is 7.11 Å². The number of aromatic hydroxyl groups is 1. The van der Waals surface area contributed by atoms with Gasteiger partial charge in [0, 0.05) is 18.1 Å². The number of hydrogen-bond donors (Lipinski definition) is 1. The fourth-order valence-corrected chi connectivity index (χ4v) is 2.86. The highest BCUT2D eigenvalue weighted by molar-refractivity contribution is 9.10. The average Bonchev–Trinajstić information content (AvgIpc) is 2.35. The van der Waals surface area contributed by atoms with Gasteiger partial charge >= 0.3 is 0 Å². The second-order valence-electron chi connectivity index (χ2n) is 4.45. The van der Waals surface area contributed by atoms with Crippen molar-refractivity contribution in [3.8, 4) is 11.5 Å². The molecule has 4 nitrogen and oxygen atoms in total. The number of phenolic OH excluding ortho intramolecular Hbond substituents is 1. The van der Waals surface area contributed by atoms with Gasteiger partial charge in [0.1, 0.15) is 11.5 Å². The van der Waals surface area contributed by atoms with Gasteiger partial charge in [-0.1, -0.05) is 13.3 Å². The second kappa shape index (κ2) is 5.25. The van der Waals surface area contributed by atoms with Crippen LogP contribution in [-0.2, 0) is 13.5 Å². The quantitative estimate of drug-likeness (QED) is 0.943. The maximum absolute atomic E-state index is 12.4. The minimum absolute atomic E-state index is 0.0358. The lowest BCUT2D eigenvalue weighted by Crippen LogP contribution is -2.20. The zero-order valence-electron chi connectivity index (χ0n) is 11.2. The lowest BCUT2D eigenvalue weighted by Gasteiger charge is -2.14. The first-order valence-corrected chi connectivity index (χ1v) is 6.88. The molecular formula is C14H16BrNO3. The van der Waals surface area contributed by atoms with Crippen LogP contribution in [0, 0.1) is 0 Å². The molecule has 1 N–H and O–H groups in total. The summed E-state index contributed by atoms with van der Waals surface area (Å²) in [7, 11) is 3.27. The number of phenols is 1. The normalized spacial score (nSPS) is 10.9. The summed E-state index contributed by atoms with van der Waals surface area (Å²) in [5.74, 6) is 0.536. The van der Waals surface area contributed by atoms with Crippen molar-refractivity contribution in [1.82, 2.24) is 4.57 Å². The number of aryl methyl sites for hydroxylation is 1. The van der Waals surface area contributed by atoms with Gasteiger partial charge in [-0.3, -0.25) is 4.79 Å². The number of benzene rings is 1. The van der Waals surface area contributed by atoms with Crippen LogP contribution in [0.4, 0.5) is 0 Å². The van der Waals surface area contributed by atoms with Crippen molar-refractivity contribution in [1.29, 1.82) is 0 Å². The summed E-state index contributed by atoms with van der Waals surface area (Å²) in [4.78, 5) is 12.4. The Morgan fingerprint density at radius 3 is 2.68 bits per heavy atom. The summed E-state index contributed by atoms with van der Waals surface area (Å²) in [5, 5.41) is 10.9. The summed E-state index contributed by atoms with van der Waals surface area (Å²) in [6.07, 6.45) is 1.75. The molecule has 102 valence electrons. The molecule has 5 heteroatoms. The lowest BCUT2D eigenvalue weighted by atomic mass is 10.1. The van der Waals surface area contributed by atoms with Crippen molar-refractivity contribution >= 4 is 26.7 Å². The molecular weight excluding hydrogens is 310 g/mol. The van der Waals surface area contributed by atoms with Gasteiger partial charge < -0.3 is 14.4 Å². The van der Waals surface area contributed by atoms with E-state index < -0.39 is 0 Å². The molecule has 0 bridgehead atoms. The number of halogens is 1. The van der Waals surface area contributed by atoms with E-state index >= 15 is 0 Å². The van der Waals surface area contributed by atoms with Crippen LogP contribution in [0.5, 0.6) is 11.5 Å². The third kappa shape index (κ3) is 2.23. The largest absolute Gasteiger partial charge is 0.507 e. The molecule has 0 unspecified atom stereocenters. The van der Waals surface area contributed by atoms with Gasteiger partial charge in [-0.2, -0.15) is 0 Å². The average molecular weight is 326 g/mol. The molecule has 1 heterocycles. The molecule has 19 heavy (non-hydrogen) atoms. The van der Waals surface area contributed by atoms with Gasteiger partial charge in [-0.05, 0) is 34.5 Å². The van der Waals surface area contributed by atoms with Crippen LogP contribution in [0.2, 0.25) is 0 Å². The Labute approximate surface area is 119 Å². The third-order valence-electron chi connectivity index (χ3n) is 3.22. The Kier molecular flexibility index (Phi) is 3.85. The predicted molar refractivity (Wildman–Crippen MR) is 79.1 cm³/mol. The number of nitrogens with zero attached hydrogens (tertiary/aromatic N) is 1. The summed E-state index contributed by atoms with van der Waals surface area (Å²) < 4.78 is 7.55. The zero-order chi connectivity index (χ0) is 14.2. The molecule has 0 saturated carbocycles. The molecule has 0 atom stereocenters. The molecule has 0 spiro atoms. The van der Waals surface area contributed by atoms with Crippen molar-refractivity contribution in [3.05, 3.63) is 32.7 Å². The maximum Gasteiger partial charge on any atom is 0.262 e. The van der Waals surface area contributed by atoms with E-state index in [2.05, 4.69) is 22.9 Å². The Hall–Kier alpha value is -1.49. The number of pyridine rings is 1. The number of methoxy groups -OCH3 is 1. The monoisotopic (exact) mass is 325 g/mol. The van der Waals surface area contributed by atoms with E-state index in [1.54, 1.807) is 18.7 Å². The molecule has 0 amide bonds. The molecule has 1 aromatic heterocycles. The molecule has 1 aromatic carbocycles. The van der Waals surface area contributed by atoms with E-state index in [4.69, 9.17) is 4.74 Å². The number of rotatable bonds is 3. The fraction of sp³-hybridized carbons (Fsp3) is 0.357. The van der Waals surface area contributed by atoms with Crippen LogP contribution in [0.15, 0.2) is 21.4 Å². The molecule has 0 aliphatic heterocycles. The van der Waals surface area contributed by atoms with Crippen molar-refractivity contribution < 1.29 is 9.84 Å². The molecule has 0 aliphatic rings. The standard InChI is InChI=1S/C14H16BrNO3/c1-4-5-8-6-9-12(14(18)16(8)2)11(17)7-10(15)13(9)19-3/h6-7,17H,4-5H2,1-3H3.